The first kappa shape index (κ1) is 24.7. The van der Waals surface area contributed by atoms with Gasteiger partial charge in [0.15, 0.2) is 11.5 Å². The SMILES string of the molecule is CC(=O)CN1CC[C@]23c4c5ccc(OC(C)=O)c4O[C@H]2[C@H](N(C)C(=O)C#Cc2ccccc2)CC[C@H]3[C@H]1C5. The molecule has 7 heteroatoms. The molecule has 0 unspecified atom stereocenters. The number of ether oxygens (including phenoxy) is 2. The first-order valence-electron chi connectivity index (χ1n) is 13.4. The zero-order valence-electron chi connectivity index (χ0n) is 22.0. The molecular weight excluding hydrogens is 480 g/mol. The van der Waals surface area contributed by atoms with Gasteiger partial charge in [-0.25, -0.2) is 0 Å². The molecule has 2 bridgehead atoms. The van der Waals surface area contributed by atoms with Gasteiger partial charge in [-0.2, -0.15) is 0 Å². The van der Waals surface area contributed by atoms with Crippen LogP contribution in [0.4, 0.5) is 0 Å². The summed E-state index contributed by atoms with van der Waals surface area (Å²) in [6.45, 7) is 4.29. The van der Waals surface area contributed by atoms with Crippen LogP contribution in [0.5, 0.6) is 11.5 Å². The Morgan fingerprint density at radius 2 is 1.92 bits per heavy atom. The number of esters is 1. The molecule has 0 N–H and O–H groups in total. The minimum Gasteiger partial charge on any atom is -0.483 e. The van der Waals surface area contributed by atoms with Crippen molar-refractivity contribution in [2.45, 2.75) is 63.1 Å². The number of hydrogen-bond acceptors (Lipinski definition) is 6. The van der Waals surface area contributed by atoms with Crippen molar-refractivity contribution in [2.24, 2.45) is 5.92 Å². The summed E-state index contributed by atoms with van der Waals surface area (Å²) < 4.78 is 12.4. The first-order chi connectivity index (χ1) is 18.3. The molecule has 7 nitrogen and oxygen atoms in total. The maximum Gasteiger partial charge on any atom is 0.308 e. The van der Waals surface area contributed by atoms with E-state index in [0.29, 0.717) is 18.0 Å². The molecule has 1 saturated carbocycles. The molecule has 4 aliphatic rings. The van der Waals surface area contributed by atoms with Gasteiger partial charge in [-0.3, -0.25) is 19.3 Å². The number of benzene rings is 2. The van der Waals surface area contributed by atoms with Crippen LogP contribution < -0.4 is 9.47 Å². The maximum atomic E-state index is 13.3. The molecule has 1 spiro atoms. The lowest BCUT2D eigenvalue weighted by molar-refractivity contribution is -0.136. The number of likely N-dealkylation sites (tertiary alicyclic amines) is 1. The van der Waals surface area contributed by atoms with E-state index in [4.69, 9.17) is 9.47 Å². The molecule has 1 saturated heterocycles. The van der Waals surface area contributed by atoms with Crippen molar-refractivity contribution >= 4 is 17.7 Å². The number of amides is 1. The van der Waals surface area contributed by atoms with Gasteiger partial charge in [-0.05, 0) is 68.8 Å². The van der Waals surface area contributed by atoms with Gasteiger partial charge < -0.3 is 14.4 Å². The molecule has 1 amide bonds. The molecule has 2 aromatic rings. The summed E-state index contributed by atoms with van der Waals surface area (Å²) in [5, 5.41) is 0. The van der Waals surface area contributed by atoms with Gasteiger partial charge in [0, 0.05) is 42.5 Å². The van der Waals surface area contributed by atoms with Gasteiger partial charge in [0.1, 0.15) is 11.9 Å². The normalized spacial score (nSPS) is 28.3. The second-order valence-corrected chi connectivity index (χ2v) is 11.1. The molecular formula is C31H32N2O5. The van der Waals surface area contributed by atoms with E-state index in [1.165, 1.54) is 12.5 Å². The third-order valence-corrected chi connectivity index (χ3v) is 8.97. The van der Waals surface area contributed by atoms with Gasteiger partial charge in [0.25, 0.3) is 5.91 Å². The number of piperidine rings is 1. The summed E-state index contributed by atoms with van der Waals surface area (Å²) in [4.78, 5) is 41.4. The lowest BCUT2D eigenvalue weighted by atomic mass is 9.51. The molecule has 0 aromatic heterocycles. The van der Waals surface area contributed by atoms with E-state index in [2.05, 4.69) is 22.8 Å². The Bertz CT molecular complexity index is 1380. The molecule has 5 atom stereocenters. The minimum atomic E-state index is -0.390. The highest BCUT2D eigenvalue weighted by atomic mass is 16.6. The highest BCUT2D eigenvalue weighted by molar-refractivity contribution is 5.94. The van der Waals surface area contributed by atoms with Gasteiger partial charge in [-0.15, -0.1) is 0 Å². The van der Waals surface area contributed by atoms with E-state index in [9.17, 15) is 14.4 Å². The fourth-order valence-electron chi connectivity index (χ4n) is 7.59. The number of nitrogens with zero attached hydrogens (tertiary/aromatic N) is 2. The van der Waals surface area contributed by atoms with Gasteiger partial charge >= 0.3 is 5.97 Å². The smallest absolute Gasteiger partial charge is 0.308 e. The molecule has 38 heavy (non-hydrogen) atoms. The van der Waals surface area contributed by atoms with Crippen LogP contribution in [0, 0.1) is 17.8 Å². The molecule has 2 aliphatic carbocycles. The topological polar surface area (TPSA) is 76.2 Å². The lowest BCUT2D eigenvalue weighted by Crippen LogP contribution is -2.69. The summed E-state index contributed by atoms with van der Waals surface area (Å²) in [5.41, 5.74) is 2.82. The quantitative estimate of drug-likeness (QED) is 0.356. The molecule has 2 fully saturated rings. The summed E-state index contributed by atoms with van der Waals surface area (Å²) in [7, 11) is 1.81. The van der Waals surface area contributed by atoms with E-state index in [0.717, 1.165) is 43.4 Å². The van der Waals surface area contributed by atoms with Crippen LogP contribution in [0.25, 0.3) is 0 Å². The number of rotatable bonds is 4. The van der Waals surface area contributed by atoms with Gasteiger partial charge in [-0.1, -0.05) is 30.2 Å². The first-order valence-corrected chi connectivity index (χ1v) is 13.4. The number of Topliss-reactive ketones (excluding diaryl/α,β-unsaturated/α-hetero) is 1. The second-order valence-electron chi connectivity index (χ2n) is 11.1. The Morgan fingerprint density at radius 1 is 1.13 bits per heavy atom. The fourth-order valence-corrected chi connectivity index (χ4v) is 7.59. The molecule has 0 radical (unpaired) electrons. The van der Waals surface area contributed by atoms with Crippen LogP contribution in [-0.4, -0.2) is 65.8 Å². The van der Waals surface area contributed by atoms with E-state index in [1.807, 2.05) is 43.4 Å². The Morgan fingerprint density at radius 3 is 2.66 bits per heavy atom. The van der Waals surface area contributed by atoms with Crippen LogP contribution in [-0.2, 0) is 26.2 Å². The average molecular weight is 513 g/mol. The monoisotopic (exact) mass is 512 g/mol. The highest BCUT2D eigenvalue weighted by Crippen LogP contribution is 2.64. The highest BCUT2D eigenvalue weighted by Gasteiger charge is 2.66. The van der Waals surface area contributed by atoms with Crippen molar-refractivity contribution in [1.82, 2.24) is 9.80 Å². The summed E-state index contributed by atoms with van der Waals surface area (Å²) in [6.07, 6.45) is 3.08. The molecule has 6 rings (SSSR count). The maximum absolute atomic E-state index is 13.3. The second kappa shape index (κ2) is 9.28. The Hall–Kier alpha value is -3.63. The Kier molecular flexibility index (Phi) is 6.03. The summed E-state index contributed by atoms with van der Waals surface area (Å²) >= 11 is 0. The predicted molar refractivity (Wildman–Crippen MR) is 141 cm³/mol. The minimum absolute atomic E-state index is 0.174. The molecule has 2 heterocycles. The third-order valence-electron chi connectivity index (χ3n) is 8.97. The number of hydrogen-bond donors (Lipinski definition) is 0. The largest absolute Gasteiger partial charge is 0.483 e. The zero-order chi connectivity index (χ0) is 26.6. The zero-order valence-corrected chi connectivity index (χ0v) is 22.0. The standard InChI is InChI=1S/C31H32N2O5/c1-19(34)18-33-16-15-31-23-11-12-24(32(3)27(36)14-9-21-7-5-4-6-8-21)30(31)38-29-26(37-20(2)35)13-10-22(28(29)31)17-25(23)33/h4-8,10,13,23-25,30H,11-12,15-18H2,1-3H3/t23-,24+,25+,30-,31-/m0/s1. The van der Waals surface area contributed by atoms with E-state index in [1.54, 1.807) is 11.8 Å². The van der Waals surface area contributed by atoms with Crippen LogP contribution in [0.3, 0.4) is 0 Å². The van der Waals surface area contributed by atoms with Crippen LogP contribution in [0.15, 0.2) is 42.5 Å². The van der Waals surface area contributed by atoms with Crippen molar-refractivity contribution in [1.29, 1.82) is 0 Å². The van der Waals surface area contributed by atoms with Crippen LogP contribution in [0.2, 0.25) is 0 Å². The Balaban J connectivity index is 1.39. The average Bonchev–Trinajstić information content (AvgIpc) is 3.24. The van der Waals surface area contributed by atoms with Crippen molar-refractivity contribution < 1.29 is 23.9 Å². The van der Waals surface area contributed by atoms with Gasteiger partial charge in [0.2, 0.25) is 0 Å². The van der Waals surface area contributed by atoms with E-state index < -0.39 is 5.97 Å². The van der Waals surface area contributed by atoms with Crippen LogP contribution >= 0.6 is 0 Å². The third kappa shape index (κ3) is 3.82. The molecule has 2 aromatic carbocycles. The van der Waals surface area contributed by atoms with Gasteiger partial charge in [0.05, 0.1) is 12.6 Å². The van der Waals surface area contributed by atoms with Crippen LogP contribution in [0.1, 0.15) is 49.8 Å². The van der Waals surface area contributed by atoms with Crippen molar-refractivity contribution in [3.63, 3.8) is 0 Å². The number of carbonyl (C=O) groups is 3. The number of carbonyl (C=O) groups excluding carboxylic acids is 3. The van der Waals surface area contributed by atoms with E-state index >= 15 is 0 Å². The summed E-state index contributed by atoms with van der Waals surface area (Å²) in [6, 6.07) is 13.4. The number of likely N-dealkylation sites (N-methyl/N-ethyl adjacent to an activating group) is 1. The predicted octanol–water partition coefficient (Wildman–Crippen LogP) is 3.12. The molecule has 2 aliphatic heterocycles. The lowest BCUT2D eigenvalue weighted by Gasteiger charge is -2.60. The Labute approximate surface area is 223 Å². The van der Waals surface area contributed by atoms with Crippen molar-refractivity contribution in [3.8, 4) is 23.3 Å². The molecule has 196 valence electrons. The van der Waals surface area contributed by atoms with E-state index in [-0.39, 0.29) is 41.2 Å². The fraction of sp³-hybridized carbons (Fsp3) is 0.452. The van der Waals surface area contributed by atoms with Crippen molar-refractivity contribution in [2.75, 3.05) is 20.1 Å². The number of ketones is 1. The summed E-state index contributed by atoms with van der Waals surface area (Å²) in [5.74, 6) is 6.73. The van der Waals surface area contributed by atoms with Crippen molar-refractivity contribution in [3.05, 3.63) is 59.2 Å².